The molecule has 0 saturated carbocycles. The van der Waals surface area contributed by atoms with E-state index in [2.05, 4.69) is 10.2 Å². The van der Waals surface area contributed by atoms with E-state index in [1.807, 2.05) is 0 Å². The highest BCUT2D eigenvalue weighted by Gasteiger charge is 2.34. The van der Waals surface area contributed by atoms with Crippen LogP contribution in [0.2, 0.25) is 0 Å². The van der Waals surface area contributed by atoms with E-state index in [4.69, 9.17) is 15.2 Å². The summed E-state index contributed by atoms with van der Waals surface area (Å²) in [6, 6.07) is 5.10. The fourth-order valence-electron chi connectivity index (χ4n) is 3.26. The van der Waals surface area contributed by atoms with E-state index in [-0.39, 0.29) is 49.0 Å². The van der Waals surface area contributed by atoms with Crippen LogP contribution in [-0.4, -0.2) is 74.7 Å². The van der Waals surface area contributed by atoms with Crippen molar-refractivity contribution in [3.8, 4) is 5.75 Å². The van der Waals surface area contributed by atoms with E-state index in [0.29, 0.717) is 30.2 Å². The second kappa shape index (κ2) is 11.3. The van der Waals surface area contributed by atoms with Gasteiger partial charge in [-0.2, -0.15) is 0 Å². The van der Waals surface area contributed by atoms with Gasteiger partial charge in [-0.15, -0.1) is 24.8 Å². The molecule has 2 aliphatic heterocycles. The van der Waals surface area contributed by atoms with Crippen LogP contribution in [0.5, 0.6) is 5.75 Å². The summed E-state index contributed by atoms with van der Waals surface area (Å²) in [5, 5.41) is 2.82. The van der Waals surface area contributed by atoms with E-state index >= 15 is 0 Å². The van der Waals surface area contributed by atoms with Gasteiger partial charge < -0.3 is 25.4 Å². The van der Waals surface area contributed by atoms with E-state index < -0.39 is 0 Å². The quantitative estimate of drug-likeness (QED) is 0.653. The first kappa shape index (κ1) is 24.3. The average Bonchev–Trinajstić information content (AvgIpc) is 3.03. The maximum Gasteiger partial charge on any atom is 0.229 e. The number of benzene rings is 1. The van der Waals surface area contributed by atoms with Crippen molar-refractivity contribution in [3.63, 3.8) is 0 Å². The Morgan fingerprint density at radius 3 is 2.68 bits per heavy atom. The van der Waals surface area contributed by atoms with E-state index in [9.17, 15) is 9.59 Å². The number of hydrogen-bond acceptors (Lipinski definition) is 6. The number of carbonyl (C=O) groups excluding carboxylic acids is 2. The van der Waals surface area contributed by atoms with E-state index in [1.54, 1.807) is 30.2 Å². The number of halogens is 2. The largest absolute Gasteiger partial charge is 0.497 e. The minimum Gasteiger partial charge on any atom is -0.497 e. The van der Waals surface area contributed by atoms with Crippen LogP contribution in [-0.2, 0) is 14.3 Å². The Hall–Kier alpha value is -1.74. The van der Waals surface area contributed by atoms with Crippen LogP contribution in [0, 0.1) is 5.92 Å². The van der Waals surface area contributed by atoms with Gasteiger partial charge in [-0.05, 0) is 12.1 Å². The third kappa shape index (κ3) is 6.13. The molecule has 0 aliphatic carbocycles. The molecule has 28 heavy (non-hydrogen) atoms. The SMILES string of the molecule is COc1ccc(N)c(NC(=O)C2CC(=O)N(CCN3CCOCC3)C2)c1.Cl.Cl. The molecule has 1 aromatic rings. The molecule has 2 heterocycles. The third-order valence-corrected chi connectivity index (χ3v) is 4.89. The van der Waals surface area contributed by atoms with Crippen molar-refractivity contribution in [2.45, 2.75) is 6.42 Å². The highest BCUT2D eigenvalue weighted by molar-refractivity contribution is 5.99. The first-order valence-corrected chi connectivity index (χ1v) is 8.89. The Kier molecular flexibility index (Phi) is 9.81. The van der Waals surface area contributed by atoms with Crippen LogP contribution in [0.4, 0.5) is 11.4 Å². The minimum absolute atomic E-state index is 0. The molecule has 3 N–H and O–H groups in total. The topological polar surface area (TPSA) is 97.1 Å². The number of nitrogens with zero attached hydrogens (tertiary/aromatic N) is 2. The molecule has 0 spiro atoms. The second-order valence-corrected chi connectivity index (χ2v) is 6.64. The van der Waals surface area contributed by atoms with Crippen LogP contribution in [0.3, 0.4) is 0 Å². The zero-order valence-electron chi connectivity index (χ0n) is 15.9. The van der Waals surface area contributed by atoms with Gasteiger partial charge in [-0.1, -0.05) is 0 Å². The van der Waals surface area contributed by atoms with Crippen molar-refractivity contribution in [1.82, 2.24) is 9.80 Å². The molecule has 1 atom stereocenters. The molecule has 1 unspecified atom stereocenters. The van der Waals surface area contributed by atoms with Gasteiger partial charge in [0.2, 0.25) is 11.8 Å². The Morgan fingerprint density at radius 2 is 2.00 bits per heavy atom. The normalized spacial score (nSPS) is 19.5. The van der Waals surface area contributed by atoms with Gasteiger partial charge in [0.1, 0.15) is 5.75 Å². The molecule has 0 radical (unpaired) electrons. The summed E-state index contributed by atoms with van der Waals surface area (Å²) < 4.78 is 10.5. The molecule has 2 amide bonds. The van der Waals surface area contributed by atoms with Gasteiger partial charge in [-0.25, -0.2) is 0 Å². The monoisotopic (exact) mass is 434 g/mol. The number of nitrogens with one attached hydrogen (secondary N) is 1. The van der Waals surface area contributed by atoms with Crippen LogP contribution in [0.25, 0.3) is 0 Å². The van der Waals surface area contributed by atoms with Crippen molar-refractivity contribution in [3.05, 3.63) is 18.2 Å². The lowest BCUT2D eigenvalue weighted by atomic mass is 10.1. The fraction of sp³-hybridized carbons (Fsp3) is 0.556. The molecule has 1 aromatic carbocycles. The lowest BCUT2D eigenvalue weighted by Gasteiger charge is -2.28. The summed E-state index contributed by atoms with van der Waals surface area (Å²) in [5.41, 5.74) is 6.89. The van der Waals surface area contributed by atoms with E-state index in [0.717, 1.165) is 32.8 Å². The van der Waals surface area contributed by atoms with E-state index in [1.165, 1.54) is 0 Å². The molecular weight excluding hydrogens is 407 g/mol. The number of anilines is 2. The molecule has 0 aromatic heterocycles. The number of hydrogen-bond donors (Lipinski definition) is 2. The summed E-state index contributed by atoms with van der Waals surface area (Å²) in [6.07, 6.45) is 0.235. The lowest BCUT2D eigenvalue weighted by Crippen LogP contribution is -2.42. The van der Waals surface area contributed by atoms with Gasteiger partial charge in [0, 0.05) is 45.2 Å². The third-order valence-electron chi connectivity index (χ3n) is 4.89. The molecule has 10 heteroatoms. The first-order chi connectivity index (χ1) is 12.6. The molecule has 8 nitrogen and oxygen atoms in total. The van der Waals surface area contributed by atoms with Gasteiger partial charge in [0.15, 0.2) is 0 Å². The number of ether oxygens (including phenoxy) is 2. The van der Waals surface area contributed by atoms with Gasteiger partial charge in [0.25, 0.3) is 0 Å². The first-order valence-electron chi connectivity index (χ1n) is 8.89. The summed E-state index contributed by atoms with van der Waals surface area (Å²) in [6.45, 7) is 5.15. The maximum absolute atomic E-state index is 12.6. The zero-order chi connectivity index (χ0) is 18.5. The number of carbonyl (C=O) groups is 2. The second-order valence-electron chi connectivity index (χ2n) is 6.64. The Balaban J connectivity index is 0.00000196. The van der Waals surface area contributed by atoms with Crippen molar-refractivity contribution < 1.29 is 19.1 Å². The summed E-state index contributed by atoms with van der Waals surface area (Å²) in [5.74, 6) is 0.0890. The number of rotatable bonds is 6. The molecule has 0 bridgehead atoms. The lowest BCUT2D eigenvalue weighted by molar-refractivity contribution is -0.128. The van der Waals surface area contributed by atoms with Crippen LogP contribution in [0.1, 0.15) is 6.42 Å². The number of nitrogens with two attached hydrogens (primary N) is 1. The smallest absolute Gasteiger partial charge is 0.229 e. The number of methoxy groups -OCH3 is 1. The number of likely N-dealkylation sites (tertiary alicyclic amines) is 1. The average molecular weight is 435 g/mol. The summed E-state index contributed by atoms with van der Waals surface area (Å²) in [7, 11) is 1.55. The predicted octanol–water partition coefficient (Wildman–Crippen LogP) is 1.24. The van der Waals surface area contributed by atoms with Crippen molar-refractivity contribution in [2.24, 2.45) is 5.92 Å². The number of nitrogen functional groups attached to an aromatic ring is 1. The predicted molar refractivity (Wildman–Crippen MR) is 112 cm³/mol. The molecule has 158 valence electrons. The highest BCUT2D eigenvalue weighted by Crippen LogP contribution is 2.26. The van der Waals surface area contributed by atoms with Gasteiger partial charge >= 0.3 is 0 Å². The Morgan fingerprint density at radius 1 is 1.29 bits per heavy atom. The van der Waals surface area contributed by atoms with Gasteiger partial charge in [0.05, 0.1) is 37.6 Å². The standard InChI is InChI=1S/C18H26N4O4.2ClH/c1-25-14-2-3-15(19)16(11-14)20-18(24)13-10-17(23)22(12-13)5-4-21-6-8-26-9-7-21;;/h2-3,11,13H,4-10,12,19H2,1H3,(H,20,24);2*1H. The maximum atomic E-state index is 12.6. The Labute approximate surface area is 177 Å². The zero-order valence-corrected chi connectivity index (χ0v) is 17.5. The van der Waals surface area contributed by atoms with Crippen LogP contribution < -0.4 is 15.8 Å². The highest BCUT2D eigenvalue weighted by atomic mass is 35.5. The van der Waals surface area contributed by atoms with Crippen LogP contribution >= 0.6 is 24.8 Å². The fourth-order valence-corrected chi connectivity index (χ4v) is 3.26. The number of amides is 2. The summed E-state index contributed by atoms with van der Waals surface area (Å²) in [4.78, 5) is 28.8. The summed E-state index contributed by atoms with van der Waals surface area (Å²) >= 11 is 0. The molecule has 2 fully saturated rings. The van der Waals surface area contributed by atoms with Crippen molar-refractivity contribution in [1.29, 1.82) is 0 Å². The molecular formula is C18H28Cl2N4O4. The molecule has 2 saturated heterocycles. The minimum atomic E-state index is -0.363. The molecule has 2 aliphatic rings. The number of morpholine rings is 1. The van der Waals surface area contributed by atoms with Crippen molar-refractivity contribution >= 4 is 48.0 Å². The van der Waals surface area contributed by atoms with Gasteiger partial charge in [-0.3, -0.25) is 14.5 Å². The van der Waals surface area contributed by atoms with Crippen LogP contribution in [0.15, 0.2) is 18.2 Å². The Bertz CT molecular complexity index is 671. The molecule has 3 rings (SSSR count). The van der Waals surface area contributed by atoms with Crippen molar-refractivity contribution in [2.75, 3.05) is 64.1 Å².